The van der Waals surface area contributed by atoms with Crippen LogP contribution in [0.25, 0.3) is 0 Å². The van der Waals surface area contributed by atoms with E-state index in [-0.39, 0.29) is 5.78 Å². The van der Waals surface area contributed by atoms with E-state index in [1.807, 2.05) is 25.1 Å². The summed E-state index contributed by atoms with van der Waals surface area (Å²) in [5.41, 5.74) is 9.60. The van der Waals surface area contributed by atoms with Crippen LogP contribution in [0.4, 0.5) is 11.5 Å². The smallest absolute Gasteiger partial charge is 0.143 e. The van der Waals surface area contributed by atoms with Crippen LogP contribution in [0.5, 0.6) is 5.75 Å². The van der Waals surface area contributed by atoms with Crippen molar-refractivity contribution in [2.45, 2.75) is 46.0 Å². The number of ketones is 1. The maximum Gasteiger partial charge on any atom is 0.143 e. The lowest BCUT2D eigenvalue weighted by atomic mass is 9.98. The number of aryl methyl sites for hydroxylation is 2. The molecule has 1 saturated heterocycles. The molecule has 29 heavy (non-hydrogen) atoms. The molecule has 0 unspecified atom stereocenters. The van der Waals surface area contributed by atoms with Crippen LogP contribution in [0.2, 0.25) is 0 Å². The van der Waals surface area contributed by atoms with Crippen molar-refractivity contribution in [2.75, 3.05) is 30.8 Å². The number of halogens is 1. The minimum absolute atomic E-state index is 0.197. The molecule has 0 spiro atoms. The Hall–Kier alpha value is -2.08. The SMILES string of the molecule is COc1cc(CC(=O)CCc2ccc(C)nc2N2CCC(C)CC2)cc(Br)c1N. The minimum atomic E-state index is 0.197. The van der Waals surface area contributed by atoms with Crippen LogP contribution < -0.4 is 15.4 Å². The number of rotatable bonds is 7. The molecule has 0 aliphatic carbocycles. The molecule has 3 rings (SSSR count). The maximum absolute atomic E-state index is 12.7. The molecule has 1 aromatic carbocycles. The molecule has 5 nitrogen and oxygen atoms in total. The normalized spacial score (nSPS) is 14.8. The molecule has 156 valence electrons. The first-order chi connectivity index (χ1) is 13.9. The highest BCUT2D eigenvalue weighted by molar-refractivity contribution is 9.10. The Labute approximate surface area is 181 Å². The topological polar surface area (TPSA) is 68.5 Å². The summed E-state index contributed by atoms with van der Waals surface area (Å²) in [5.74, 6) is 2.62. The summed E-state index contributed by atoms with van der Waals surface area (Å²) in [6.07, 6.45) is 3.96. The summed E-state index contributed by atoms with van der Waals surface area (Å²) in [7, 11) is 1.58. The van der Waals surface area contributed by atoms with Gasteiger partial charge in [-0.1, -0.05) is 13.0 Å². The quantitative estimate of drug-likeness (QED) is 0.606. The van der Waals surface area contributed by atoms with E-state index in [1.54, 1.807) is 7.11 Å². The van der Waals surface area contributed by atoms with Crippen molar-refractivity contribution in [3.05, 3.63) is 45.6 Å². The van der Waals surface area contributed by atoms with Crippen molar-refractivity contribution in [2.24, 2.45) is 5.92 Å². The molecule has 0 atom stereocenters. The van der Waals surface area contributed by atoms with Gasteiger partial charge in [-0.05, 0) is 77.4 Å². The van der Waals surface area contributed by atoms with Gasteiger partial charge in [0.1, 0.15) is 17.4 Å². The Morgan fingerprint density at radius 1 is 1.31 bits per heavy atom. The van der Waals surface area contributed by atoms with Crippen molar-refractivity contribution in [3.8, 4) is 5.75 Å². The fraction of sp³-hybridized carbons (Fsp3) is 0.478. The lowest BCUT2D eigenvalue weighted by Crippen LogP contribution is -2.34. The zero-order chi connectivity index (χ0) is 21.0. The highest BCUT2D eigenvalue weighted by atomic mass is 79.9. The van der Waals surface area contributed by atoms with Gasteiger partial charge in [0.05, 0.1) is 12.8 Å². The number of methoxy groups -OCH3 is 1. The number of Topliss-reactive ketones (excluding diaryl/α,β-unsaturated/α-hetero) is 1. The Morgan fingerprint density at radius 2 is 2.03 bits per heavy atom. The van der Waals surface area contributed by atoms with E-state index in [4.69, 9.17) is 15.5 Å². The molecular weight excluding hydrogens is 430 g/mol. The Morgan fingerprint density at radius 3 is 2.72 bits per heavy atom. The highest BCUT2D eigenvalue weighted by Crippen LogP contribution is 2.32. The van der Waals surface area contributed by atoms with Crippen molar-refractivity contribution < 1.29 is 9.53 Å². The van der Waals surface area contributed by atoms with Gasteiger partial charge in [0.25, 0.3) is 0 Å². The van der Waals surface area contributed by atoms with Gasteiger partial charge in [0.2, 0.25) is 0 Å². The number of carbonyl (C=O) groups excluding carboxylic acids is 1. The number of hydrogen-bond donors (Lipinski definition) is 1. The first kappa shape index (κ1) is 21.6. The maximum atomic E-state index is 12.7. The summed E-state index contributed by atoms with van der Waals surface area (Å²) in [6.45, 7) is 6.41. The molecule has 2 N–H and O–H groups in total. The molecule has 0 saturated carbocycles. The third-order valence-electron chi connectivity index (χ3n) is 5.62. The van der Waals surface area contributed by atoms with E-state index in [0.717, 1.165) is 46.1 Å². The monoisotopic (exact) mass is 459 g/mol. The van der Waals surface area contributed by atoms with E-state index in [0.29, 0.717) is 30.7 Å². The van der Waals surface area contributed by atoms with Crippen molar-refractivity contribution >= 4 is 33.2 Å². The number of nitrogen functional groups attached to an aromatic ring is 1. The molecule has 0 bridgehead atoms. The largest absolute Gasteiger partial charge is 0.495 e. The second kappa shape index (κ2) is 9.61. The Bertz CT molecular complexity index is 877. The van der Waals surface area contributed by atoms with Crippen LogP contribution in [-0.4, -0.2) is 31.0 Å². The summed E-state index contributed by atoms with van der Waals surface area (Å²) in [6, 6.07) is 7.90. The number of carbonyl (C=O) groups is 1. The van der Waals surface area contributed by atoms with Gasteiger partial charge in [0, 0.05) is 36.1 Å². The fourth-order valence-corrected chi connectivity index (χ4v) is 4.26. The summed E-state index contributed by atoms with van der Waals surface area (Å²) >= 11 is 3.44. The fourth-order valence-electron chi connectivity index (χ4n) is 3.77. The molecular formula is C23H30BrN3O2. The number of nitrogens with two attached hydrogens (primary N) is 1. The van der Waals surface area contributed by atoms with E-state index < -0.39 is 0 Å². The molecule has 6 heteroatoms. The average Bonchev–Trinajstić information content (AvgIpc) is 2.70. The van der Waals surface area contributed by atoms with E-state index in [1.165, 1.54) is 12.8 Å². The van der Waals surface area contributed by atoms with Gasteiger partial charge in [-0.3, -0.25) is 4.79 Å². The Kier molecular flexibility index (Phi) is 7.17. The van der Waals surface area contributed by atoms with Crippen molar-refractivity contribution in [1.82, 2.24) is 4.98 Å². The second-order valence-corrected chi connectivity index (χ2v) is 8.87. The van der Waals surface area contributed by atoms with Crippen LogP contribution in [0.1, 0.15) is 43.0 Å². The van der Waals surface area contributed by atoms with Gasteiger partial charge < -0.3 is 15.4 Å². The summed E-state index contributed by atoms with van der Waals surface area (Å²) < 4.78 is 6.05. The predicted molar refractivity (Wildman–Crippen MR) is 122 cm³/mol. The minimum Gasteiger partial charge on any atom is -0.495 e. The van der Waals surface area contributed by atoms with Crippen LogP contribution in [0, 0.1) is 12.8 Å². The standard InChI is InChI=1S/C23H30BrN3O2/c1-15-8-10-27(11-9-15)23-18(5-4-16(2)26-23)6-7-19(28)12-17-13-20(24)22(25)21(14-17)29-3/h4-5,13-15H,6-12,25H2,1-3H3. The lowest BCUT2D eigenvalue weighted by Gasteiger charge is -2.32. The van der Waals surface area contributed by atoms with Gasteiger partial charge >= 0.3 is 0 Å². The van der Waals surface area contributed by atoms with Crippen LogP contribution >= 0.6 is 15.9 Å². The first-order valence-corrected chi connectivity index (χ1v) is 11.0. The van der Waals surface area contributed by atoms with Crippen LogP contribution in [0.15, 0.2) is 28.7 Å². The van der Waals surface area contributed by atoms with Gasteiger partial charge in [-0.2, -0.15) is 0 Å². The summed E-state index contributed by atoms with van der Waals surface area (Å²) in [4.78, 5) is 19.8. The van der Waals surface area contributed by atoms with Gasteiger partial charge in [0.15, 0.2) is 0 Å². The molecule has 0 radical (unpaired) electrons. The molecule has 0 amide bonds. The predicted octanol–water partition coefficient (Wildman–Crippen LogP) is 4.72. The number of ether oxygens (including phenoxy) is 1. The molecule has 2 aromatic rings. The number of anilines is 2. The third kappa shape index (κ3) is 5.50. The third-order valence-corrected chi connectivity index (χ3v) is 6.28. The lowest BCUT2D eigenvalue weighted by molar-refractivity contribution is -0.118. The van der Waals surface area contributed by atoms with Crippen molar-refractivity contribution in [3.63, 3.8) is 0 Å². The van der Waals surface area contributed by atoms with Gasteiger partial charge in [-0.15, -0.1) is 0 Å². The van der Waals surface area contributed by atoms with Gasteiger partial charge in [-0.25, -0.2) is 4.98 Å². The highest BCUT2D eigenvalue weighted by Gasteiger charge is 2.20. The molecule has 1 fully saturated rings. The zero-order valence-electron chi connectivity index (χ0n) is 17.5. The Balaban J connectivity index is 1.67. The number of nitrogens with zero attached hydrogens (tertiary/aromatic N) is 2. The average molecular weight is 460 g/mol. The molecule has 1 aliphatic heterocycles. The zero-order valence-corrected chi connectivity index (χ0v) is 19.1. The number of pyridine rings is 1. The molecule has 1 aliphatic rings. The van der Waals surface area contributed by atoms with E-state index in [2.05, 4.69) is 33.8 Å². The first-order valence-electron chi connectivity index (χ1n) is 10.2. The number of hydrogen-bond acceptors (Lipinski definition) is 5. The summed E-state index contributed by atoms with van der Waals surface area (Å²) in [5, 5.41) is 0. The molecule has 1 aromatic heterocycles. The number of piperidine rings is 1. The van der Waals surface area contributed by atoms with Crippen LogP contribution in [-0.2, 0) is 17.6 Å². The van der Waals surface area contributed by atoms with Crippen LogP contribution in [0.3, 0.4) is 0 Å². The number of benzene rings is 1. The molecule has 2 heterocycles. The number of aromatic nitrogens is 1. The van der Waals surface area contributed by atoms with E-state index in [9.17, 15) is 4.79 Å². The van der Waals surface area contributed by atoms with Crippen molar-refractivity contribution in [1.29, 1.82) is 0 Å². The second-order valence-electron chi connectivity index (χ2n) is 8.01. The van der Waals surface area contributed by atoms with E-state index >= 15 is 0 Å².